The molecule has 0 atom stereocenters. The van der Waals surface area contributed by atoms with Gasteiger partial charge in [-0.2, -0.15) is 13.2 Å². The zero-order valence-corrected chi connectivity index (χ0v) is 29.3. The van der Waals surface area contributed by atoms with E-state index in [2.05, 4.69) is 24.4 Å². The molecular formula is C27H20F3N6Na2O7P. The van der Waals surface area contributed by atoms with Crippen LogP contribution in [0, 0.1) is 0 Å². The van der Waals surface area contributed by atoms with Crippen LogP contribution in [0.3, 0.4) is 0 Å². The number of hydrogen-bond donors (Lipinski definition) is 0. The second-order valence-corrected chi connectivity index (χ2v) is 10.8. The number of fused-ring (bicyclic) bond motifs is 3. The maximum Gasteiger partial charge on any atom is 1.00 e. The number of hydrogen-bond acceptors (Lipinski definition) is 11. The van der Waals surface area contributed by atoms with Crippen LogP contribution in [0.25, 0.3) is 38.9 Å². The number of ether oxygens (including phenoxy) is 1. The van der Waals surface area contributed by atoms with E-state index in [1.807, 2.05) is 0 Å². The first-order valence-electron chi connectivity index (χ1n) is 13.0. The molecule has 4 aromatic heterocycles. The summed E-state index contributed by atoms with van der Waals surface area (Å²) in [5, 5.41) is -0.296. The third-order valence-electron chi connectivity index (χ3n) is 6.96. The predicted octanol–water partition coefficient (Wildman–Crippen LogP) is -4.18. The quantitative estimate of drug-likeness (QED) is 0.0974. The van der Waals surface area contributed by atoms with Crippen molar-refractivity contribution < 1.29 is 95.9 Å². The number of benzene rings is 1. The minimum atomic E-state index is -5.64. The van der Waals surface area contributed by atoms with Gasteiger partial charge in [0, 0.05) is 31.0 Å². The molecule has 0 amide bonds. The number of pyridine rings is 3. The summed E-state index contributed by atoms with van der Waals surface area (Å²) in [5.74, 6) is 0.729. The van der Waals surface area contributed by atoms with Crippen molar-refractivity contribution in [2.24, 2.45) is 0 Å². The molecule has 0 bridgehead atoms. The van der Waals surface area contributed by atoms with E-state index in [0.29, 0.717) is 43.6 Å². The molecule has 1 saturated heterocycles. The fraction of sp³-hybridized carbons (Fsp3) is 0.222. The fourth-order valence-corrected chi connectivity index (χ4v) is 5.12. The number of phosphoric ester groups is 1. The van der Waals surface area contributed by atoms with Gasteiger partial charge in [0.05, 0.1) is 54.4 Å². The monoisotopic (exact) mass is 674 g/mol. The second kappa shape index (κ2) is 14.3. The third-order valence-corrected chi connectivity index (χ3v) is 7.39. The molecule has 5 heterocycles. The number of morpholine rings is 1. The number of alkyl halides is 3. The minimum Gasteiger partial charge on any atom is -0.790 e. The molecule has 5 aromatic rings. The molecule has 46 heavy (non-hydrogen) atoms. The Hall–Kier alpha value is -2.47. The SMILES string of the molecule is O=c1c2cnc3ccc(-c4ccc(N5CCOCC5)nc4)nc3c2n(-c2cccc(C(F)(F)F)c2)c(=O)n1COP(=O)([O-])[O-].[Na+].[Na+]. The molecule has 13 nitrogen and oxygen atoms in total. The van der Waals surface area contributed by atoms with E-state index in [1.54, 1.807) is 30.5 Å². The first-order chi connectivity index (χ1) is 20.9. The Morgan fingerprint density at radius 3 is 2.37 bits per heavy atom. The smallest absolute Gasteiger partial charge is 0.790 e. The Bertz CT molecular complexity index is 2070. The van der Waals surface area contributed by atoms with E-state index < -0.39 is 37.5 Å². The molecule has 0 unspecified atom stereocenters. The molecule has 6 rings (SSSR count). The van der Waals surface area contributed by atoms with Gasteiger partial charge in [-0.3, -0.25) is 14.3 Å². The molecule has 1 aliphatic heterocycles. The number of phosphoric acid groups is 1. The first kappa shape index (κ1) is 36.4. The van der Waals surface area contributed by atoms with E-state index in [0.717, 1.165) is 28.7 Å². The second-order valence-electron chi connectivity index (χ2n) is 9.69. The van der Waals surface area contributed by atoms with Crippen molar-refractivity contribution in [3.63, 3.8) is 0 Å². The van der Waals surface area contributed by atoms with Crippen LogP contribution in [-0.2, 0) is 26.7 Å². The summed E-state index contributed by atoms with van der Waals surface area (Å²) >= 11 is 0. The van der Waals surface area contributed by atoms with Crippen molar-refractivity contribution in [3.05, 3.63) is 87.3 Å². The Kier molecular flexibility index (Phi) is 11.3. The van der Waals surface area contributed by atoms with Gasteiger partial charge in [0.2, 0.25) is 0 Å². The van der Waals surface area contributed by atoms with Gasteiger partial charge in [0.15, 0.2) is 0 Å². The standard InChI is InChI=1S/C27H22F3N6O7P.2Na/c28-27(29,30)17-2-1-3-18(12-17)36-24-19(25(37)35(26(36)38)15-43-44(39,40)41)14-31-21-6-5-20(33-23(21)24)16-4-7-22(32-13-16)34-8-10-42-11-9-34;;/h1-7,12-14H,8-11,15H2,(H2,39,40,41);;/q;2*+1/p-2. The number of halogens is 3. The first-order valence-corrected chi connectivity index (χ1v) is 14.5. The van der Waals surface area contributed by atoms with Crippen LogP contribution in [0.5, 0.6) is 0 Å². The summed E-state index contributed by atoms with van der Waals surface area (Å²) in [7, 11) is -5.64. The third kappa shape index (κ3) is 7.48. The predicted molar refractivity (Wildman–Crippen MR) is 147 cm³/mol. The molecule has 0 spiro atoms. The van der Waals surface area contributed by atoms with Crippen LogP contribution in [0.4, 0.5) is 19.0 Å². The van der Waals surface area contributed by atoms with Crippen LogP contribution in [0.1, 0.15) is 5.56 Å². The number of aromatic nitrogens is 5. The van der Waals surface area contributed by atoms with E-state index in [1.165, 1.54) is 6.07 Å². The number of rotatable bonds is 6. The fourth-order valence-electron chi connectivity index (χ4n) is 4.87. The molecule has 1 aliphatic rings. The Balaban J connectivity index is 0.00000240. The van der Waals surface area contributed by atoms with Crippen molar-refractivity contribution in [1.82, 2.24) is 24.1 Å². The summed E-state index contributed by atoms with van der Waals surface area (Å²) in [6.45, 7) is 1.20. The number of nitrogens with zero attached hydrogens (tertiary/aromatic N) is 6. The molecule has 228 valence electrons. The van der Waals surface area contributed by atoms with E-state index in [-0.39, 0.29) is 91.3 Å². The van der Waals surface area contributed by atoms with Crippen molar-refractivity contribution in [1.29, 1.82) is 0 Å². The van der Waals surface area contributed by atoms with Crippen LogP contribution in [0.15, 0.2) is 70.5 Å². The average Bonchev–Trinajstić information content (AvgIpc) is 3.00. The molecule has 0 N–H and O–H groups in total. The maximum absolute atomic E-state index is 13.7. The summed E-state index contributed by atoms with van der Waals surface area (Å²) in [4.78, 5) is 64.7. The van der Waals surface area contributed by atoms with Crippen LogP contribution >= 0.6 is 7.82 Å². The number of anilines is 1. The molecule has 1 fully saturated rings. The van der Waals surface area contributed by atoms with Gasteiger partial charge in [-0.05, 0) is 42.5 Å². The molecule has 0 radical (unpaired) electrons. The molecule has 1 aromatic carbocycles. The van der Waals surface area contributed by atoms with Gasteiger partial charge in [0.25, 0.3) is 5.56 Å². The summed E-state index contributed by atoms with van der Waals surface area (Å²) < 4.78 is 62.6. The van der Waals surface area contributed by atoms with Gasteiger partial charge in [0.1, 0.15) is 18.1 Å². The molecular weight excluding hydrogens is 654 g/mol. The molecule has 0 aliphatic carbocycles. The Labute approximate surface area is 301 Å². The van der Waals surface area contributed by atoms with Crippen LogP contribution in [0.2, 0.25) is 0 Å². The van der Waals surface area contributed by atoms with Crippen molar-refractivity contribution in [2.75, 3.05) is 31.2 Å². The summed E-state index contributed by atoms with van der Waals surface area (Å²) in [6.07, 6.45) is -2.11. The van der Waals surface area contributed by atoms with Gasteiger partial charge < -0.3 is 28.5 Å². The van der Waals surface area contributed by atoms with Crippen LogP contribution < -0.4 is 85.1 Å². The van der Waals surface area contributed by atoms with Gasteiger partial charge in [-0.1, -0.05) is 6.07 Å². The van der Waals surface area contributed by atoms with Crippen molar-refractivity contribution >= 4 is 35.6 Å². The zero-order chi connectivity index (χ0) is 31.2. The normalized spacial score (nSPS) is 13.8. The largest absolute Gasteiger partial charge is 1.00 e. The van der Waals surface area contributed by atoms with E-state index >= 15 is 0 Å². The Morgan fingerprint density at radius 2 is 1.72 bits per heavy atom. The molecule has 19 heteroatoms. The van der Waals surface area contributed by atoms with Gasteiger partial charge >= 0.3 is 71.0 Å². The van der Waals surface area contributed by atoms with Gasteiger partial charge in [-0.25, -0.2) is 19.3 Å². The summed E-state index contributed by atoms with van der Waals surface area (Å²) in [6, 6.07) is 10.5. The van der Waals surface area contributed by atoms with E-state index in [4.69, 9.17) is 4.74 Å². The van der Waals surface area contributed by atoms with E-state index in [9.17, 15) is 37.1 Å². The maximum atomic E-state index is 13.7. The van der Waals surface area contributed by atoms with Gasteiger partial charge in [-0.15, -0.1) is 0 Å². The topological polar surface area (TPSA) is 168 Å². The molecule has 0 saturated carbocycles. The minimum absolute atomic E-state index is 0. The average molecular weight is 674 g/mol. The summed E-state index contributed by atoms with van der Waals surface area (Å²) in [5.41, 5.74) is -2.83. The zero-order valence-electron chi connectivity index (χ0n) is 24.4. The van der Waals surface area contributed by atoms with Crippen molar-refractivity contribution in [2.45, 2.75) is 12.9 Å². The van der Waals surface area contributed by atoms with Crippen LogP contribution in [-0.4, -0.2) is 50.4 Å². The van der Waals surface area contributed by atoms with Crippen molar-refractivity contribution in [3.8, 4) is 16.9 Å². The Morgan fingerprint density at radius 1 is 0.978 bits per heavy atom.